The third-order valence-corrected chi connectivity index (χ3v) is 5.36. The first-order valence-corrected chi connectivity index (χ1v) is 10.3. The zero-order valence-corrected chi connectivity index (χ0v) is 16.9. The Morgan fingerprint density at radius 3 is 2.70 bits per heavy atom. The Hall–Kier alpha value is -3.89. The van der Waals surface area contributed by atoms with Gasteiger partial charge in [0.05, 0.1) is 18.2 Å². The van der Waals surface area contributed by atoms with E-state index in [4.69, 9.17) is 0 Å². The van der Waals surface area contributed by atoms with Crippen molar-refractivity contribution in [3.63, 3.8) is 0 Å². The Bertz CT molecular complexity index is 1170. The first kappa shape index (κ1) is 19.4. The minimum absolute atomic E-state index is 0.179. The second-order valence-electron chi connectivity index (χ2n) is 6.62. The molecule has 7 heteroatoms. The molecule has 2 aromatic carbocycles. The van der Waals surface area contributed by atoms with Gasteiger partial charge in [-0.2, -0.15) is 5.26 Å². The van der Waals surface area contributed by atoms with Crippen LogP contribution in [-0.2, 0) is 13.1 Å². The third kappa shape index (κ3) is 4.57. The number of nitrogens with one attached hydrogen (secondary N) is 2. The van der Waals surface area contributed by atoms with E-state index in [9.17, 15) is 10.1 Å². The smallest absolute Gasteiger partial charge is 0.257 e. The molecule has 0 aliphatic carbocycles. The second kappa shape index (κ2) is 9.07. The highest BCUT2D eigenvalue weighted by Gasteiger charge is 2.08. The highest BCUT2D eigenvalue weighted by Crippen LogP contribution is 2.16. The molecule has 6 nitrogen and oxygen atoms in total. The molecule has 0 radical (unpaired) electrons. The molecule has 1 amide bonds. The van der Waals surface area contributed by atoms with Gasteiger partial charge in [0.2, 0.25) is 0 Å². The van der Waals surface area contributed by atoms with Crippen LogP contribution in [0, 0.1) is 11.3 Å². The van der Waals surface area contributed by atoms with Crippen molar-refractivity contribution in [2.75, 3.05) is 10.6 Å². The van der Waals surface area contributed by atoms with Gasteiger partial charge in [-0.25, -0.2) is 4.98 Å². The fourth-order valence-corrected chi connectivity index (χ4v) is 3.63. The molecule has 0 aliphatic rings. The molecule has 4 aromatic rings. The number of amides is 1. The normalized spacial score (nSPS) is 10.4. The van der Waals surface area contributed by atoms with Crippen LogP contribution in [0.4, 0.5) is 10.8 Å². The fourth-order valence-electron chi connectivity index (χ4n) is 3.10. The van der Waals surface area contributed by atoms with Gasteiger partial charge < -0.3 is 9.88 Å². The monoisotopic (exact) mass is 413 g/mol. The first-order chi connectivity index (χ1) is 14.7. The predicted octanol–water partition coefficient (Wildman–Crippen LogP) is 4.73. The van der Waals surface area contributed by atoms with Crippen molar-refractivity contribution in [3.8, 4) is 6.07 Å². The van der Waals surface area contributed by atoms with Crippen LogP contribution in [0.15, 0.2) is 78.4 Å². The maximum atomic E-state index is 12.2. The second-order valence-corrected chi connectivity index (χ2v) is 7.51. The summed E-state index contributed by atoms with van der Waals surface area (Å²) < 4.78 is 2.12. The number of rotatable bonds is 7. The van der Waals surface area contributed by atoms with E-state index < -0.39 is 0 Å². The summed E-state index contributed by atoms with van der Waals surface area (Å²) >= 11 is 1.38. The molecule has 0 bridgehead atoms. The quantitative estimate of drug-likeness (QED) is 0.459. The average molecular weight is 414 g/mol. The zero-order valence-electron chi connectivity index (χ0n) is 16.1. The Morgan fingerprint density at radius 1 is 1.10 bits per heavy atom. The largest absolute Gasteiger partial charge is 0.379 e. The zero-order chi connectivity index (χ0) is 20.8. The van der Waals surface area contributed by atoms with E-state index in [0.717, 1.165) is 16.9 Å². The molecule has 4 rings (SSSR count). The number of aromatic nitrogens is 2. The SMILES string of the molecule is N#Cc1ccccc1Cn1cccc1CNc1ccc(C(=O)Nc2nccs2)cc1. The van der Waals surface area contributed by atoms with E-state index in [1.807, 2.05) is 54.0 Å². The van der Waals surface area contributed by atoms with Crippen LogP contribution < -0.4 is 10.6 Å². The summed E-state index contributed by atoms with van der Waals surface area (Å²) in [6.45, 7) is 1.27. The number of carbonyl (C=O) groups excluding carboxylic acids is 1. The lowest BCUT2D eigenvalue weighted by atomic mass is 10.1. The van der Waals surface area contributed by atoms with Gasteiger partial charge in [0.25, 0.3) is 5.91 Å². The first-order valence-electron chi connectivity index (χ1n) is 9.40. The molecular weight excluding hydrogens is 394 g/mol. The summed E-state index contributed by atoms with van der Waals surface area (Å²) in [5.41, 5.74) is 4.29. The molecule has 0 unspecified atom stereocenters. The lowest BCUT2D eigenvalue weighted by molar-refractivity contribution is 0.102. The minimum atomic E-state index is -0.179. The van der Waals surface area contributed by atoms with Crippen molar-refractivity contribution in [2.24, 2.45) is 0 Å². The molecule has 0 aliphatic heterocycles. The molecule has 148 valence electrons. The predicted molar refractivity (Wildman–Crippen MR) is 119 cm³/mol. The number of benzene rings is 2. The van der Waals surface area contributed by atoms with Gasteiger partial charge in [-0.1, -0.05) is 18.2 Å². The van der Waals surface area contributed by atoms with Crippen molar-refractivity contribution in [1.82, 2.24) is 9.55 Å². The maximum absolute atomic E-state index is 12.2. The molecule has 0 fully saturated rings. The van der Waals surface area contributed by atoms with Crippen LogP contribution >= 0.6 is 11.3 Å². The molecule has 2 N–H and O–H groups in total. The Kier molecular flexibility index (Phi) is 5.88. The van der Waals surface area contributed by atoms with E-state index in [1.165, 1.54) is 11.3 Å². The van der Waals surface area contributed by atoms with Gasteiger partial charge in [-0.05, 0) is 48.0 Å². The van der Waals surface area contributed by atoms with Crippen LogP contribution in [0.25, 0.3) is 0 Å². The summed E-state index contributed by atoms with van der Waals surface area (Å²) in [4.78, 5) is 16.3. The van der Waals surface area contributed by atoms with Crippen LogP contribution in [0.5, 0.6) is 0 Å². The van der Waals surface area contributed by atoms with E-state index in [2.05, 4.69) is 32.3 Å². The molecular formula is C23H19N5OS. The van der Waals surface area contributed by atoms with E-state index in [1.54, 1.807) is 18.3 Å². The van der Waals surface area contributed by atoms with Crippen LogP contribution in [0.3, 0.4) is 0 Å². The highest BCUT2D eigenvalue weighted by molar-refractivity contribution is 7.13. The Labute approximate surface area is 178 Å². The fraction of sp³-hybridized carbons (Fsp3) is 0.0870. The Morgan fingerprint density at radius 2 is 1.93 bits per heavy atom. The molecule has 0 atom stereocenters. The number of anilines is 2. The summed E-state index contributed by atoms with van der Waals surface area (Å²) in [6.07, 6.45) is 3.67. The third-order valence-electron chi connectivity index (χ3n) is 4.68. The van der Waals surface area contributed by atoms with Gasteiger partial charge in [-0.3, -0.25) is 10.1 Å². The number of nitrogens with zero attached hydrogens (tertiary/aromatic N) is 3. The van der Waals surface area contributed by atoms with Crippen LogP contribution in [0.1, 0.15) is 27.2 Å². The summed E-state index contributed by atoms with van der Waals surface area (Å²) in [7, 11) is 0. The van der Waals surface area contributed by atoms with Crippen molar-refractivity contribution in [2.45, 2.75) is 13.1 Å². The van der Waals surface area contributed by atoms with Crippen molar-refractivity contribution in [1.29, 1.82) is 5.26 Å². The highest BCUT2D eigenvalue weighted by atomic mass is 32.1. The number of hydrogen-bond donors (Lipinski definition) is 2. The maximum Gasteiger partial charge on any atom is 0.257 e. The number of thiazole rings is 1. The molecule has 2 aromatic heterocycles. The number of carbonyl (C=O) groups is 1. The van der Waals surface area contributed by atoms with E-state index in [0.29, 0.717) is 29.3 Å². The van der Waals surface area contributed by atoms with Crippen LogP contribution in [-0.4, -0.2) is 15.5 Å². The van der Waals surface area contributed by atoms with Crippen molar-refractivity contribution >= 4 is 28.1 Å². The molecule has 0 saturated heterocycles. The van der Waals surface area contributed by atoms with Crippen molar-refractivity contribution < 1.29 is 4.79 Å². The van der Waals surface area contributed by atoms with E-state index in [-0.39, 0.29) is 5.91 Å². The Balaban J connectivity index is 1.38. The van der Waals surface area contributed by atoms with Gasteiger partial charge in [0, 0.05) is 41.3 Å². The minimum Gasteiger partial charge on any atom is -0.379 e. The van der Waals surface area contributed by atoms with Gasteiger partial charge in [-0.15, -0.1) is 11.3 Å². The molecule has 0 saturated carbocycles. The van der Waals surface area contributed by atoms with E-state index >= 15 is 0 Å². The average Bonchev–Trinajstić information content (AvgIpc) is 3.45. The van der Waals surface area contributed by atoms with Gasteiger partial charge in [0.15, 0.2) is 5.13 Å². The van der Waals surface area contributed by atoms with Gasteiger partial charge >= 0.3 is 0 Å². The molecule has 0 spiro atoms. The number of nitriles is 1. The summed E-state index contributed by atoms with van der Waals surface area (Å²) in [5, 5.41) is 17.9. The van der Waals surface area contributed by atoms with Crippen LogP contribution in [0.2, 0.25) is 0 Å². The lowest BCUT2D eigenvalue weighted by Crippen LogP contribution is -2.12. The summed E-state index contributed by atoms with van der Waals surface area (Å²) in [5.74, 6) is -0.179. The summed E-state index contributed by atoms with van der Waals surface area (Å²) in [6, 6.07) is 21.3. The topological polar surface area (TPSA) is 82.7 Å². The number of hydrogen-bond acceptors (Lipinski definition) is 5. The standard InChI is InChI=1S/C23H19N5OS/c24-14-18-4-1-2-5-19(18)16-28-12-3-6-21(28)15-26-20-9-7-17(8-10-20)22(29)27-23-25-11-13-30-23/h1-13,26H,15-16H2,(H,25,27,29). The van der Waals surface area contributed by atoms with Crippen molar-refractivity contribution in [3.05, 3.63) is 101 Å². The molecule has 2 heterocycles. The molecule has 30 heavy (non-hydrogen) atoms. The lowest BCUT2D eigenvalue weighted by Gasteiger charge is -2.12. The van der Waals surface area contributed by atoms with Gasteiger partial charge in [0.1, 0.15) is 0 Å².